The minimum absolute atomic E-state index is 0.167. The van der Waals surface area contributed by atoms with Crippen molar-refractivity contribution in [3.05, 3.63) is 0 Å². The SMILES string of the molecule is O=C(CN1CC(CO)C1)NC(=O)NC1CC1. The van der Waals surface area contributed by atoms with Crippen LogP contribution in [0.1, 0.15) is 12.8 Å². The zero-order chi connectivity index (χ0) is 11.5. The van der Waals surface area contributed by atoms with Gasteiger partial charge in [0.15, 0.2) is 0 Å². The molecule has 3 N–H and O–H groups in total. The molecule has 1 saturated carbocycles. The third kappa shape index (κ3) is 3.18. The molecule has 0 unspecified atom stereocenters. The quantitative estimate of drug-likeness (QED) is 0.569. The molecule has 1 saturated heterocycles. The second-order valence-corrected chi connectivity index (χ2v) is 4.54. The highest BCUT2D eigenvalue weighted by molar-refractivity contribution is 5.95. The lowest BCUT2D eigenvalue weighted by molar-refractivity contribution is -0.123. The monoisotopic (exact) mass is 227 g/mol. The number of rotatable bonds is 4. The summed E-state index contributed by atoms with van der Waals surface area (Å²) < 4.78 is 0. The van der Waals surface area contributed by atoms with Crippen LogP contribution in [0, 0.1) is 5.92 Å². The number of carbonyl (C=O) groups excluding carboxylic acids is 2. The molecule has 90 valence electrons. The average molecular weight is 227 g/mol. The molecule has 6 nitrogen and oxygen atoms in total. The van der Waals surface area contributed by atoms with Crippen LogP contribution in [0.3, 0.4) is 0 Å². The van der Waals surface area contributed by atoms with Crippen LogP contribution in [0.5, 0.6) is 0 Å². The summed E-state index contributed by atoms with van der Waals surface area (Å²) in [5, 5.41) is 13.8. The molecule has 1 aliphatic heterocycles. The van der Waals surface area contributed by atoms with Crippen molar-refractivity contribution in [1.29, 1.82) is 0 Å². The Kier molecular flexibility index (Phi) is 3.40. The van der Waals surface area contributed by atoms with Gasteiger partial charge in [-0.15, -0.1) is 0 Å². The van der Waals surface area contributed by atoms with E-state index < -0.39 is 6.03 Å². The zero-order valence-corrected chi connectivity index (χ0v) is 9.11. The van der Waals surface area contributed by atoms with Crippen molar-refractivity contribution in [3.63, 3.8) is 0 Å². The van der Waals surface area contributed by atoms with E-state index in [1.165, 1.54) is 0 Å². The van der Waals surface area contributed by atoms with E-state index in [1.807, 2.05) is 4.90 Å². The Morgan fingerprint density at radius 1 is 1.31 bits per heavy atom. The predicted molar refractivity (Wildman–Crippen MR) is 56.7 cm³/mol. The summed E-state index contributed by atoms with van der Waals surface area (Å²) in [6.07, 6.45) is 2.01. The molecule has 0 aromatic carbocycles. The number of likely N-dealkylation sites (tertiary alicyclic amines) is 1. The van der Waals surface area contributed by atoms with E-state index in [2.05, 4.69) is 10.6 Å². The highest BCUT2D eigenvalue weighted by Crippen LogP contribution is 2.18. The number of urea groups is 1. The lowest BCUT2D eigenvalue weighted by atomic mass is 10.0. The Balaban J connectivity index is 1.59. The van der Waals surface area contributed by atoms with Crippen LogP contribution < -0.4 is 10.6 Å². The van der Waals surface area contributed by atoms with Crippen molar-refractivity contribution in [2.75, 3.05) is 26.2 Å². The topological polar surface area (TPSA) is 81.7 Å². The first-order chi connectivity index (χ1) is 7.67. The first kappa shape index (κ1) is 11.3. The molecule has 0 radical (unpaired) electrons. The lowest BCUT2D eigenvalue weighted by Crippen LogP contribution is -2.53. The standard InChI is InChI=1S/C10H17N3O3/c14-6-7-3-13(4-7)5-9(15)12-10(16)11-8-1-2-8/h7-8,14H,1-6H2,(H2,11,12,15,16). The summed E-state index contributed by atoms with van der Waals surface area (Å²) in [7, 11) is 0. The van der Waals surface area contributed by atoms with Crippen molar-refractivity contribution < 1.29 is 14.7 Å². The summed E-state index contributed by atoms with van der Waals surface area (Å²) in [6.45, 7) is 1.86. The minimum Gasteiger partial charge on any atom is -0.396 e. The molecule has 0 aromatic heterocycles. The maximum atomic E-state index is 11.4. The van der Waals surface area contributed by atoms with Crippen molar-refractivity contribution >= 4 is 11.9 Å². The summed E-state index contributed by atoms with van der Waals surface area (Å²) in [6, 6.07) is -0.137. The Morgan fingerprint density at radius 2 is 2.00 bits per heavy atom. The van der Waals surface area contributed by atoms with E-state index in [-0.39, 0.29) is 31.0 Å². The molecule has 0 aromatic rings. The van der Waals surface area contributed by atoms with Crippen LogP contribution in [0.15, 0.2) is 0 Å². The fourth-order valence-corrected chi connectivity index (χ4v) is 1.74. The number of hydrogen-bond acceptors (Lipinski definition) is 4. The Morgan fingerprint density at radius 3 is 2.56 bits per heavy atom. The molecule has 3 amide bonds. The van der Waals surface area contributed by atoms with Crippen LogP contribution >= 0.6 is 0 Å². The summed E-state index contributed by atoms with van der Waals surface area (Å²) in [4.78, 5) is 24.5. The van der Waals surface area contributed by atoms with Gasteiger partial charge in [0.05, 0.1) is 6.54 Å². The van der Waals surface area contributed by atoms with Gasteiger partial charge in [0.1, 0.15) is 0 Å². The number of imide groups is 1. The molecule has 2 rings (SSSR count). The number of aliphatic hydroxyl groups is 1. The lowest BCUT2D eigenvalue weighted by Gasteiger charge is -2.37. The van der Waals surface area contributed by atoms with E-state index in [9.17, 15) is 9.59 Å². The maximum Gasteiger partial charge on any atom is 0.321 e. The van der Waals surface area contributed by atoms with Gasteiger partial charge in [-0.25, -0.2) is 4.79 Å². The molecule has 2 fully saturated rings. The molecular weight excluding hydrogens is 210 g/mol. The second-order valence-electron chi connectivity index (χ2n) is 4.54. The minimum atomic E-state index is -0.397. The number of carbonyl (C=O) groups is 2. The fourth-order valence-electron chi connectivity index (χ4n) is 1.74. The molecule has 6 heteroatoms. The van der Waals surface area contributed by atoms with E-state index in [0.717, 1.165) is 25.9 Å². The first-order valence-electron chi connectivity index (χ1n) is 5.61. The van der Waals surface area contributed by atoms with E-state index in [0.29, 0.717) is 0 Å². The van der Waals surface area contributed by atoms with Crippen LogP contribution in [-0.2, 0) is 4.79 Å². The Bertz CT molecular complexity index is 285. The molecule has 0 atom stereocenters. The van der Waals surface area contributed by atoms with Gasteiger partial charge in [0.2, 0.25) is 5.91 Å². The normalized spacial score (nSPS) is 21.3. The molecule has 1 heterocycles. The third-order valence-electron chi connectivity index (χ3n) is 2.82. The van der Waals surface area contributed by atoms with Crippen LogP contribution in [0.2, 0.25) is 0 Å². The van der Waals surface area contributed by atoms with Gasteiger partial charge in [-0.1, -0.05) is 0 Å². The van der Waals surface area contributed by atoms with Gasteiger partial charge in [-0.2, -0.15) is 0 Å². The van der Waals surface area contributed by atoms with Crippen molar-refractivity contribution in [3.8, 4) is 0 Å². The maximum absolute atomic E-state index is 11.4. The predicted octanol–water partition coefficient (Wildman–Crippen LogP) is -1.10. The molecule has 0 spiro atoms. The summed E-state index contributed by atoms with van der Waals surface area (Å²) in [5.41, 5.74) is 0. The highest BCUT2D eigenvalue weighted by Gasteiger charge is 2.28. The largest absolute Gasteiger partial charge is 0.396 e. The number of nitrogens with zero attached hydrogens (tertiary/aromatic N) is 1. The number of amides is 3. The van der Waals surface area contributed by atoms with E-state index >= 15 is 0 Å². The van der Waals surface area contributed by atoms with Gasteiger partial charge in [0, 0.05) is 31.7 Å². The zero-order valence-electron chi connectivity index (χ0n) is 9.11. The van der Waals surface area contributed by atoms with Crippen molar-refractivity contribution in [2.45, 2.75) is 18.9 Å². The van der Waals surface area contributed by atoms with Crippen molar-refractivity contribution in [2.24, 2.45) is 5.92 Å². The van der Waals surface area contributed by atoms with E-state index in [4.69, 9.17) is 5.11 Å². The third-order valence-corrected chi connectivity index (χ3v) is 2.82. The number of hydrogen-bond donors (Lipinski definition) is 3. The van der Waals surface area contributed by atoms with Crippen LogP contribution in [0.4, 0.5) is 4.79 Å². The molecular formula is C10H17N3O3. The van der Waals surface area contributed by atoms with Crippen LogP contribution in [0.25, 0.3) is 0 Å². The molecule has 0 bridgehead atoms. The molecule has 1 aliphatic carbocycles. The highest BCUT2D eigenvalue weighted by atomic mass is 16.3. The molecule has 16 heavy (non-hydrogen) atoms. The smallest absolute Gasteiger partial charge is 0.321 e. The number of nitrogens with one attached hydrogen (secondary N) is 2. The van der Waals surface area contributed by atoms with Gasteiger partial charge in [0.25, 0.3) is 0 Å². The molecule has 2 aliphatic rings. The summed E-state index contributed by atoms with van der Waals surface area (Å²) in [5.74, 6) is 0.00244. The van der Waals surface area contributed by atoms with Crippen LogP contribution in [-0.4, -0.2) is 54.2 Å². The second kappa shape index (κ2) is 4.80. The van der Waals surface area contributed by atoms with Crippen molar-refractivity contribution in [1.82, 2.24) is 15.5 Å². The summed E-state index contributed by atoms with van der Waals surface area (Å²) >= 11 is 0. The number of aliphatic hydroxyl groups excluding tert-OH is 1. The van der Waals surface area contributed by atoms with Gasteiger partial charge in [-0.3, -0.25) is 15.0 Å². The fraction of sp³-hybridized carbons (Fsp3) is 0.800. The Labute approximate surface area is 94.0 Å². The van der Waals surface area contributed by atoms with Gasteiger partial charge < -0.3 is 10.4 Å². The first-order valence-corrected chi connectivity index (χ1v) is 5.61. The van der Waals surface area contributed by atoms with Gasteiger partial charge >= 0.3 is 6.03 Å². The van der Waals surface area contributed by atoms with Gasteiger partial charge in [-0.05, 0) is 12.8 Å². The Hall–Kier alpha value is -1.14. The average Bonchev–Trinajstić information content (AvgIpc) is 2.93. The van der Waals surface area contributed by atoms with E-state index in [1.54, 1.807) is 0 Å².